The topological polar surface area (TPSA) is 96.8 Å². The third kappa shape index (κ3) is 3.82. The lowest BCUT2D eigenvalue weighted by Gasteiger charge is -2.44. The minimum atomic E-state index is 0.0121. The fraction of sp³-hybridized carbons (Fsp3) is 0.308. The summed E-state index contributed by atoms with van der Waals surface area (Å²) in [5.41, 5.74) is 17.7. The second-order valence-corrected chi connectivity index (χ2v) is 8.59. The van der Waals surface area contributed by atoms with E-state index in [2.05, 4.69) is 46.3 Å². The van der Waals surface area contributed by atoms with Gasteiger partial charge >= 0.3 is 0 Å². The number of aromatic amines is 1. The molecule has 164 valence electrons. The number of benzene rings is 1. The van der Waals surface area contributed by atoms with Crippen molar-refractivity contribution >= 4 is 11.4 Å². The molecule has 6 heteroatoms. The van der Waals surface area contributed by atoms with Crippen LogP contribution in [0.25, 0.3) is 0 Å². The summed E-state index contributed by atoms with van der Waals surface area (Å²) >= 11 is 0. The molecule has 0 amide bonds. The Morgan fingerprint density at radius 1 is 1.16 bits per heavy atom. The van der Waals surface area contributed by atoms with Gasteiger partial charge in [-0.1, -0.05) is 30.4 Å². The van der Waals surface area contributed by atoms with E-state index in [9.17, 15) is 0 Å². The van der Waals surface area contributed by atoms with E-state index in [4.69, 9.17) is 21.4 Å². The first-order valence-corrected chi connectivity index (χ1v) is 11.4. The van der Waals surface area contributed by atoms with Crippen molar-refractivity contribution in [2.24, 2.45) is 11.7 Å². The largest absolute Gasteiger partial charge is 0.399 e. The van der Waals surface area contributed by atoms with E-state index in [0.29, 0.717) is 6.54 Å². The number of nitrogens with one attached hydrogen (secondary N) is 1. The van der Waals surface area contributed by atoms with Crippen molar-refractivity contribution in [3.8, 4) is 0 Å². The van der Waals surface area contributed by atoms with Gasteiger partial charge in [0, 0.05) is 42.4 Å². The average molecular weight is 427 g/mol. The molecule has 0 aliphatic heterocycles. The number of aryl methyl sites for hydroxylation is 1. The van der Waals surface area contributed by atoms with Crippen LogP contribution in [0.15, 0.2) is 73.2 Å². The molecule has 0 saturated heterocycles. The number of allylic oxidation sites excluding steroid dienone is 3. The molecule has 0 saturated carbocycles. The number of rotatable bonds is 6. The minimum Gasteiger partial charge on any atom is -0.399 e. The molecule has 0 radical (unpaired) electrons. The normalized spacial score (nSPS) is 20.7. The molecule has 0 fully saturated rings. The van der Waals surface area contributed by atoms with Gasteiger partial charge in [0.05, 0.1) is 17.8 Å². The summed E-state index contributed by atoms with van der Waals surface area (Å²) in [6.07, 6.45) is 18.6. The van der Waals surface area contributed by atoms with Gasteiger partial charge in [0.1, 0.15) is 5.82 Å². The molecule has 32 heavy (non-hydrogen) atoms. The summed E-state index contributed by atoms with van der Waals surface area (Å²) in [5, 5.41) is 0. The summed E-state index contributed by atoms with van der Waals surface area (Å²) in [7, 11) is 0. The van der Waals surface area contributed by atoms with Gasteiger partial charge in [0.15, 0.2) is 0 Å². The third-order valence-electron chi connectivity index (χ3n) is 6.62. The number of hydrogen-bond donors (Lipinski definition) is 3. The maximum atomic E-state index is 6.23. The number of anilines is 2. The number of nitrogen functional groups attached to an aromatic ring is 1. The second kappa shape index (κ2) is 9.01. The molecule has 2 aliphatic rings. The van der Waals surface area contributed by atoms with Crippen LogP contribution in [0.3, 0.4) is 0 Å². The summed E-state index contributed by atoms with van der Waals surface area (Å²) in [5.74, 6) is 1.22. The molecule has 6 nitrogen and oxygen atoms in total. The highest BCUT2D eigenvalue weighted by Crippen LogP contribution is 2.46. The Kier molecular flexibility index (Phi) is 5.77. The number of nitrogens with two attached hydrogens (primary N) is 2. The zero-order valence-corrected chi connectivity index (χ0v) is 18.2. The van der Waals surface area contributed by atoms with Crippen molar-refractivity contribution in [3.63, 3.8) is 0 Å². The van der Waals surface area contributed by atoms with Crippen molar-refractivity contribution in [3.05, 3.63) is 95.9 Å². The van der Waals surface area contributed by atoms with Crippen LogP contribution in [0.2, 0.25) is 0 Å². The van der Waals surface area contributed by atoms with Crippen molar-refractivity contribution in [2.75, 3.05) is 10.6 Å². The molecular formula is C26H30N6. The molecule has 2 heterocycles. The van der Waals surface area contributed by atoms with Crippen LogP contribution in [-0.2, 0) is 13.0 Å². The Bertz CT molecular complexity index is 1120. The van der Waals surface area contributed by atoms with Gasteiger partial charge in [0.25, 0.3) is 0 Å². The smallest absolute Gasteiger partial charge is 0.129 e. The lowest BCUT2D eigenvalue weighted by Crippen LogP contribution is -2.40. The number of nitrogens with zero attached hydrogens (tertiary/aromatic N) is 3. The predicted molar refractivity (Wildman–Crippen MR) is 129 cm³/mol. The fourth-order valence-electron chi connectivity index (χ4n) is 5.20. The highest BCUT2D eigenvalue weighted by molar-refractivity contribution is 5.62. The maximum absolute atomic E-state index is 6.23. The molecule has 0 bridgehead atoms. The summed E-state index contributed by atoms with van der Waals surface area (Å²) in [6.45, 7) is 0.421. The molecule has 3 aromatic rings. The molecular weight excluding hydrogens is 396 g/mol. The molecule has 2 aliphatic carbocycles. The van der Waals surface area contributed by atoms with Crippen molar-refractivity contribution < 1.29 is 0 Å². The van der Waals surface area contributed by atoms with Crippen LogP contribution in [0.1, 0.15) is 54.0 Å². The Morgan fingerprint density at radius 2 is 2.09 bits per heavy atom. The lowest BCUT2D eigenvalue weighted by atomic mass is 9.85. The molecule has 1 aromatic carbocycles. The van der Waals surface area contributed by atoms with Crippen molar-refractivity contribution in [1.82, 2.24) is 15.0 Å². The molecule has 5 N–H and O–H groups in total. The Hall–Kier alpha value is -3.38. The highest BCUT2D eigenvalue weighted by Gasteiger charge is 2.38. The second-order valence-electron chi connectivity index (χ2n) is 8.59. The van der Waals surface area contributed by atoms with E-state index in [1.807, 2.05) is 36.8 Å². The van der Waals surface area contributed by atoms with Crippen LogP contribution >= 0.6 is 0 Å². The highest BCUT2D eigenvalue weighted by atomic mass is 15.2. The van der Waals surface area contributed by atoms with Crippen LogP contribution in [0, 0.1) is 5.92 Å². The number of hydrogen-bond acceptors (Lipinski definition) is 5. The van der Waals surface area contributed by atoms with E-state index in [1.165, 1.54) is 5.56 Å². The zero-order valence-electron chi connectivity index (χ0n) is 18.2. The van der Waals surface area contributed by atoms with Crippen LogP contribution in [-0.4, -0.2) is 15.0 Å². The SMILES string of the molecule is NCc1cc(N)ccc1N(C1CCCc2cccnc21)C(c1ncc[nH]1)C1C=CC=CC1. The number of fused-ring (bicyclic) bond motifs is 1. The average Bonchev–Trinajstić information content (AvgIpc) is 3.37. The van der Waals surface area contributed by atoms with Gasteiger partial charge in [-0.2, -0.15) is 0 Å². The molecule has 5 rings (SSSR count). The molecule has 3 atom stereocenters. The summed E-state index contributed by atoms with van der Waals surface area (Å²) in [6, 6.07) is 10.5. The zero-order chi connectivity index (χ0) is 21.9. The van der Waals surface area contributed by atoms with E-state index in [-0.39, 0.29) is 18.0 Å². The first-order chi connectivity index (χ1) is 15.8. The number of pyridine rings is 1. The van der Waals surface area contributed by atoms with Gasteiger partial charge in [-0.25, -0.2) is 4.98 Å². The first kappa shape index (κ1) is 20.5. The predicted octanol–water partition coefficient (Wildman–Crippen LogP) is 4.60. The van der Waals surface area contributed by atoms with Crippen LogP contribution < -0.4 is 16.4 Å². The van der Waals surface area contributed by atoms with Crippen molar-refractivity contribution in [1.29, 1.82) is 0 Å². The number of aromatic nitrogens is 3. The van der Waals surface area contributed by atoms with Crippen LogP contribution in [0.4, 0.5) is 11.4 Å². The molecule has 2 aromatic heterocycles. The van der Waals surface area contributed by atoms with Gasteiger partial charge < -0.3 is 21.4 Å². The summed E-state index contributed by atoms with van der Waals surface area (Å²) in [4.78, 5) is 15.5. The molecule has 0 spiro atoms. The van der Waals surface area contributed by atoms with Crippen molar-refractivity contribution in [2.45, 2.75) is 44.3 Å². The molecule has 3 unspecified atom stereocenters. The van der Waals surface area contributed by atoms with Gasteiger partial charge in [0.2, 0.25) is 0 Å². The number of H-pyrrole nitrogens is 1. The first-order valence-electron chi connectivity index (χ1n) is 11.4. The lowest BCUT2D eigenvalue weighted by molar-refractivity contribution is 0.390. The van der Waals surface area contributed by atoms with E-state index in [0.717, 1.165) is 54.1 Å². The quantitative estimate of drug-likeness (QED) is 0.501. The Labute approximate surface area is 189 Å². The van der Waals surface area contributed by atoms with Gasteiger partial charge in [-0.05, 0) is 61.1 Å². The fourth-order valence-corrected chi connectivity index (χ4v) is 5.20. The maximum Gasteiger partial charge on any atom is 0.129 e. The number of imidazole rings is 1. The Balaban J connectivity index is 1.71. The van der Waals surface area contributed by atoms with Gasteiger partial charge in [-0.15, -0.1) is 0 Å². The van der Waals surface area contributed by atoms with E-state index >= 15 is 0 Å². The third-order valence-corrected chi connectivity index (χ3v) is 6.62. The van der Waals surface area contributed by atoms with E-state index in [1.54, 1.807) is 0 Å². The van der Waals surface area contributed by atoms with Crippen LogP contribution in [0.5, 0.6) is 0 Å². The van der Waals surface area contributed by atoms with Gasteiger partial charge in [-0.3, -0.25) is 4.98 Å². The summed E-state index contributed by atoms with van der Waals surface area (Å²) < 4.78 is 0. The monoisotopic (exact) mass is 426 g/mol. The van der Waals surface area contributed by atoms with E-state index < -0.39 is 0 Å². The minimum absolute atomic E-state index is 0.0121. The Morgan fingerprint density at radius 3 is 2.88 bits per heavy atom. The standard InChI is InChI=1S/C26H30N6/c27-17-20-16-21(28)11-12-22(20)32(23-10-4-8-18-9-5-13-29-24(18)23)25(26-30-14-15-31-26)19-6-2-1-3-7-19/h1-3,5-6,9,11-16,19,23,25H,4,7-8,10,17,27-28H2,(H,30,31).